The lowest BCUT2D eigenvalue weighted by Crippen LogP contribution is -2.30. The van der Waals surface area contributed by atoms with E-state index in [9.17, 15) is 4.79 Å². The Hall–Kier alpha value is -1.87. The molecule has 0 aliphatic heterocycles. The zero-order chi connectivity index (χ0) is 15.7. The minimum absolute atomic E-state index is 0.0696. The van der Waals surface area contributed by atoms with E-state index in [4.69, 9.17) is 5.73 Å². The highest BCUT2D eigenvalue weighted by atomic mass is 16.1. The van der Waals surface area contributed by atoms with E-state index in [1.807, 2.05) is 29.0 Å². The maximum absolute atomic E-state index is 12.8. The van der Waals surface area contributed by atoms with Crippen molar-refractivity contribution in [3.63, 3.8) is 0 Å². The summed E-state index contributed by atoms with van der Waals surface area (Å²) in [6.07, 6.45) is 6.54. The Kier molecular flexibility index (Phi) is 4.16. The van der Waals surface area contributed by atoms with Gasteiger partial charge in [-0.25, -0.2) is 0 Å². The van der Waals surface area contributed by atoms with E-state index >= 15 is 0 Å². The van der Waals surface area contributed by atoms with Gasteiger partial charge in [-0.3, -0.25) is 4.79 Å². The molecular formula is C19H24N2O. The Morgan fingerprint density at radius 3 is 2.55 bits per heavy atom. The van der Waals surface area contributed by atoms with Crippen molar-refractivity contribution < 1.29 is 0 Å². The predicted octanol–water partition coefficient (Wildman–Crippen LogP) is 3.63. The second kappa shape index (κ2) is 6.09. The van der Waals surface area contributed by atoms with E-state index < -0.39 is 0 Å². The molecule has 0 bridgehead atoms. The molecule has 0 amide bonds. The number of benzene rings is 1. The highest BCUT2D eigenvalue weighted by Gasteiger charge is 2.21. The van der Waals surface area contributed by atoms with E-state index in [1.165, 1.54) is 24.0 Å². The summed E-state index contributed by atoms with van der Waals surface area (Å²) in [5.74, 6) is 0. The van der Waals surface area contributed by atoms with Gasteiger partial charge in [-0.2, -0.15) is 0 Å². The summed E-state index contributed by atoms with van der Waals surface area (Å²) < 4.78 is 1.89. The standard InChI is InChI=1S/C19H24N2O/c1-13-9-10-15(12-14(13)2)18(20)17-8-5-11-21(19(17)22)16-6-3-4-7-16/h5,8-12,16,18H,3-4,6-7,20H2,1-2H3. The van der Waals surface area contributed by atoms with Gasteiger partial charge in [-0.15, -0.1) is 0 Å². The van der Waals surface area contributed by atoms with E-state index in [0.29, 0.717) is 11.6 Å². The first-order valence-electron chi connectivity index (χ1n) is 8.11. The summed E-state index contributed by atoms with van der Waals surface area (Å²) in [6.45, 7) is 4.16. The smallest absolute Gasteiger partial charge is 0.255 e. The second-order valence-electron chi connectivity index (χ2n) is 6.44. The molecule has 1 aliphatic rings. The molecule has 0 saturated heterocycles. The molecule has 116 valence electrons. The third-order valence-electron chi connectivity index (χ3n) is 4.95. The Labute approximate surface area is 131 Å². The summed E-state index contributed by atoms with van der Waals surface area (Å²) in [5, 5.41) is 0. The molecule has 1 aliphatic carbocycles. The minimum atomic E-state index is -0.361. The van der Waals surface area contributed by atoms with Crippen LogP contribution in [-0.4, -0.2) is 4.57 Å². The van der Waals surface area contributed by atoms with Gasteiger partial charge in [0.1, 0.15) is 0 Å². The number of nitrogens with two attached hydrogens (primary N) is 1. The maximum atomic E-state index is 12.8. The van der Waals surface area contributed by atoms with Crippen molar-refractivity contribution in [2.24, 2.45) is 5.73 Å². The number of aromatic nitrogens is 1. The van der Waals surface area contributed by atoms with Gasteiger partial charge in [-0.05, 0) is 49.4 Å². The number of nitrogens with zero attached hydrogens (tertiary/aromatic N) is 1. The largest absolute Gasteiger partial charge is 0.320 e. The van der Waals surface area contributed by atoms with Crippen molar-refractivity contribution in [2.75, 3.05) is 0 Å². The number of pyridine rings is 1. The van der Waals surface area contributed by atoms with E-state index in [0.717, 1.165) is 18.4 Å². The van der Waals surface area contributed by atoms with Crippen LogP contribution in [0.25, 0.3) is 0 Å². The highest BCUT2D eigenvalue weighted by Crippen LogP contribution is 2.28. The number of hydrogen-bond acceptors (Lipinski definition) is 2. The summed E-state index contributed by atoms with van der Waals surface area (Å²) in [4.78, 5) is 12.8. The first-order chi connectivity index (χ1) is 10.6. The van der Waals surface area contributed by atoms with Crippen molar-refractivity contribution in [1.29, 1.82) is 0 Å². The molecule has 3 heteroatoms. The van der Waals surface area contributed by atoms with Crippen LogP contribution in [0.1, 0.15) is 60.0 Å². The first kappa shape index (κ1) is 15.0. The zero-order valence-corrected chi connectivity index (χ0v) is 13.4. The average Bonchev–Trinajstić information content (AvgIpc) is 3.04. The van der Waals surface area contributed by atoms with Gasteiger partial charge in [0.25, 0.3) is 5.56 Å². The lowest BCUT2D eigenvalue weighted by molar-refractivity contribution is 0.497. The molecule has 1 heterocycles. The third kappa shape index (κ3) is 2.73. The summed E-state index contributed by atoms with van der Waals surface area (Å²) in [6, 6.07) is 10.00. The Bertz CT molecular complexity index is 726. The van der Waals surface area contributed by atoms with Gasteiger partial charge in [0.2, 0.25) is 0 Å². The van der Waals surface area contributed by atoms with Crippen molar-refractivity contribution in [3.8, 4) is 0 Å². The predicted molar refractivity (Wildman–Crippen MR) is 90.2 cm³/mol. The van der Waals surface area contributed by atoms with E-state index in [1.54, 1.807) is 0 Å². The van der Waals surface area contributed by atoms with Crippen LogP contribution >= 0.6 is 0 Å². The van der Waals surface area contributed by atoms with Gasteiger partial charge in [0, 0.05) is 17.8 Å². The van der Waals surface area contributed by atoms with Crippen LogP contribution in [0, 0.1) is 13.8 Å². The molecule has 1 aromatic carbocycles. The first-order valence-corrected chi connectivity index (χ1v) is 8.11. The summed E-state index contributed by atoms with van der Waals surface area (Å²) in [7, 11) is 0. The fraction of sp³-hybridized carbons (Fsp3) is 0.421. The average molecular weight is 296 g/mol. The van der Waals surface area contributed by atoms with E-state index in [2.05, 4.69) is 26.0 Å². The topological polar surface area (TPSA) is 48.0 Å². The van der Waals surface area contributed by atoms with Crippen LogP contribution in [0.5, 0.6) is 0 Å². The summed E-state index contributed by atoms with van der Waals surface area (Å²) >= 11 is 0. The molecule has 1 atom stereocenters. The van der Waals surface area contributed by atoms with Crippen molar-refractivity contribution >= 4 is 0 Å². The second-order valence-corrected chi connectivity index (χ2v) is 6.44. The molecule has 3 rings (SSSR count). The lowest BCUT2D eigenvalue weighted by Gasteiger charge is -2.18. The zero-order valence-electron chi connectivity index (χ0n) is 13.4. The van der Waals surface area contributed by atoms with Gasteiger partial charge in [0.05, 0.1) is 6.04 Å². The summed E-state index contributed by atoms with van der Waals surface area (Å²) in [5.41, 5.74) is 10.6. The van der Waals surface area contributed by atoms with Gasteiger partial charge < -0.3 is 10.3 Å². The van der Waals surface area contributed by atoms with Crippen LogP contribution in [0.2, 0.25) is 0 Å². The molecule has 1 saturated carbocycles. The monoisotopic (exact) mass is 296 g/mol. The lowest BCUT2D eigenvalue weighted by atomic mass is 9.97. The number of rotatable bonds is 3. The van der Waals surface area contributed by atoms with Gasteiger partial charge in [0.15, 0.2) is 0 Å². The molecule has 0 spiro atoms. The number of hydrogen-bond donors (Lipinski definition) is 1. The Morgan fingerprint density at radius 2 is 1.86 bits per heavy atom. The quantitative estimate of drug-likeness (QED) is 0.940. The maximum Gasteiger partial charge on any atom is 0.255 e. The SMILES string of the molecule is Cc1ccc(C(N)c2cccn(C3CCCC3)c2=O)cc1C. The van der Waals surface area contributed by atoms with Crippen molar-refractivity contribution in [1.82, 2.24) is 4.57 Å². The van der Waals surface area contributed by atoms with Crippen LogP contribution in [-0.2, 0) is 0 Å². The van der Waals surface area contributed by atoms with Crippen LogP contribution in [0.15, 0.2) is 41.3 Å². The molecule has 3 nitrogen and oxygen atoms in total. The minimum Gasteiger partial charge on any atom is -0.320 e. The van der Waals surface area contributed by atoms with Gasteiger partial charge >= 0.3 is 0 Å². The third-order valence-corrected chi connectivity index (χ3v) is 4.95. The van der Waals surface area contributed by atoms with Crippen LogP contribution < -0.4 is 11.3 Å². The van der Waals surface area contributed by atoms with Crippen molar-refractivity contribution in [3.05, 3.63) is 69.1 Å². The van der Waals surface area contributed by atoms with Crippen LogP contribution in [0.4, 0.5) is 0 Å². The molecule has 22 heavy (non-hydrogen) atoms. The van der Waals surface area contributed by atoms with Gasteiger partial charge in [-0.1, -0.05) is 37.1 Å². The van der Waals surface area contributed by atoms with Crippen molar-refractivity contribution in [2.45, 2.75) is 51.6 Å². The normalized spacial score (nSPS) is 16.9. The highest BCUT2D eigenvalue weighted by molar-refractivity contribution is 5.36. The Balaban J connectivity index is 1.98. The molecular weight excluding hydrogens is 272 g/mol. The molecule has 1 aromatic heterocycles. The van der Waals surface area contributed by atoms with Crippen LogP contribution in [0.3, 0.4) is 0 Å². The number of aryl methyl sites for hydroxylation is 2. The fourth-order valence-corrected chi connectivity index (χ4v) is 3.37. The van der Waals surface area contributed by atoms with E-state index in [-0.39, 0.29) is 11.6 Å². The fourth-order valence-electron chi connectivity index (χ4n) is 3.37. The Morgan fingerprint density at radius 1 is 1.14 bits per heavy atom. The molecule has 0 radical (unpaired) electrons. The molecule has 1 unspecified atom stereocenters. The molecule has 2 N–H and O–H groups in total. The molecule has 1 fully saturated rings. The molecule has 2 aromatic rings.